The Labute approximate surface area is 196 Å². The van der Waals surface area contributed by atoms with Gasteiger partial charge in [0.15, 0.2) is 0 Å². The average Bonchev–Trinajstić information content (AvgIpc) is 2.97. The van der Waals surface area contributed by atoms with Crippen LogP contribution in [0.15, 0.2) is 12.1 Å². The molecule has 0 spiro atoms. The molecule has 1 saturated heterocycles. The maximum absolute atomic E-state index is 13.1. The smallest absolute Gasteiger partial charge is 0.300 e. The van der Waals surface area contributed by atoms with Gasteiger partial charge in [-0.2, -0.15) is 0 Å². The van der Waals surface area contributed by atoms with Crippen molar-refractivity contribution < 1.29 is 24.3 Å². The molecule has 5 N–H and O–H groups in total. The Balaban J connectivity index is 0.000000837. The lowest BCUT2D eigenvalue weighted by molar-refractivity contribution is -0.139. The van der Waals surface area contributed by atoms with Gasteiger partial charge < -0.3 is 26.4 Å². The van der Waals surface area contributed by atoms with E-state index < -0.39 is 24.1 Å². The number of hydrogen-bond donors (Lipinski definition) is 3. The number of nitrogens with two attached hydrogens (primary N) is 2. The highest BCUT2D eigenvalue weighted by atomic mass is 35.5. The van der Waals surface area contributed by atoms with E-state index in [0.717, 1.165) is 19.8 Å². The third kappa shape index (κ3) is 5.62. The highest BCUT2D eigenvalue weighted by molar-refractivity contribution is 6.42. The molecule has 10 nitrogen and oxygen atoms in total. The van der Waals surface area contributed by atoms with Crippen LogP contribution in [0.2, 0.25) is 10.0 Å². The van der Waals surface area contributed by atoms with Crippen molar-refractivity contribution in [2.45, 2.75) is 45.3 Å². The zero-order valence-electron chi connectivity index (χ0n) is 17.9. The van der Waals surface area contributed by atoms with Crippen LogP contribution in [0.5, 0.6) is 0 Å². The fourth-order valence-electron chi connectivity index (χ4n) is 3.99. The van der Waals surface area contributed by atoms with Crippen molar-refractivity contribution in [3.63, 3.8) is 0 Å². The minimum atomic E-state index is -0.833. The van der Waals surface area contributed by atoms with Gasteiger partial charge in [0.1, 0.15) is 12.2 Å². The third-order valence-electron chi connectivity index (χ3n) is 5.11. The number of hydrogen-bond acceptors (Lipinski definition) is 6. The van der Waals surface area contributed by atoms with Crippen LogP contribution in [0.4, 0.5) is 11.4 Å². The van der Waals surface area contributed by atoms with Crippen molar-refractivity contribution in [1.29, 1.82) is 0 Å². The minimum Gasteiger partial charge on any atom is -0.481 e. The van der Waals surface area contributed by atoms with Crippen LogP contribution < -0.4 is 21.3 Å². The zero-order chi connectivity index (χ0) is 24.2. The van der Waals surface area contributed by atoms with E-state index in [0.29, 0.717) is 34.4 Å². The summed E-state index contributed by atoms with van der Waals surface area (Å²) in [5.74, 6) is -1.82. The van der Waals surface area contributed by atoms with Crippen LogP contribution in [-0.4, -0.2) is 65.5 Å². The standard InChI is InChI=1S/C18H23Cl2N5O3.C2H4O2/c1-10(26)24-14-6-11(19)12(20)7-15(14)25-13(4-2-3-5-21)18(28)23(8-16(22)27)9-17(24)25;1-2(3)4/h6-7,13,17H,2-5,8-9,21H2,1H3,(H2,22,27);1H3,(H,3,4)/t13-,17+;/m0./s1. The molecular weight excluding hydrogens is 461 g/mol. The van der Waals surface area contributed by atoms with E-state index >= 15 is 0 Å². The Kier molecular flexibility index (Phi) is 8.71. The first-order valence-electron chi connectivity index (χ1n) is 10.0. The van der Waals surface area contributed by atoms with E-state index in [1.165, 1.54) is 11.8 Å². The number of anilines is 2. The number of unbranched alkanes of at least 4 members (excludes halogenated alkanes) is 1. The van der Waals surface area contributed by atoms with Crippen LogP contribution in [0.3, 0.4) is 0 Å². The number of benzene rings is 1. The molecule has 0 unspecified atom stereocenters. The van der Waals surface area contributed by atoms with Gasteiger partial charge in [-0.3, -0.25) is 24.1 Å². The third-order valence-corrected chi connectivity index (χ3v) is 5.83. The molecule has 2 heterocycles. The predicted molar refractivity (Wildman–Crippen MR) is 122 cm³/mol. The van der Waals surface area contributed by atoms with Gasteiger partial charge in [-0.1, -0.05) is 23.2 Å². The van der Waals surface area contributed by atoms with Gasteiger partial charge in [0.05, 0.1) is 34.5 Å². The van der Waals surface area contributed by atoms with Crippen molar-refractivity contribution in [1.82, 2.24) is 4.90 Å². The first kappa shape index (κ1) is 25.7. The van der Waals surface area contributed by atoms with E-state index in [-0.39, 0.29) is 24.9 Å². The summed E-state index contributed by atoms with van der Waals surface area (Å²) in [6.45, 7) is 3.03. The van der Waals surface area contributed by atoms with Crippen molar-refractivity contribution in [2.75, 3.05) is 29.4 Å². The second-order valence-corrected chi connectivity index (χ2v) is 8.35. The summed E-state index contributed by atoms with van der Waals surface area (Å²) in [5.41, 5.74) is 12.2. The number of nitrogens with zero attached hydrogens (tertiary/aromatic N) is 3. The summed E-state index contributed by atoms with van der Waals surface area (Å²) in [4.78, 5) is 51.0. The second-order valence-electron chi connectivity index (χ2n) is 7.54. The number of rotatable bonds is 6. The van der Waals surface area contributed by atoms with Gasteiger partial charge in [-0.15, -0.1) is 0 Å². The highest BCUT2D eigenvalue weighted by Gasteiger charge is 2.49. The number of amides is 3. The molecule has 2 aliphatic rings. The summed E-state index contributed by atoms with van der Waals surface area (Å²) in [6.07, 6.45) is 1.58. The first-order valence-corrected chi connectivity index (χ1v) is 10.8. The van der Waals surface area contributed by atoms with Gasteiger partial charge in [-0.05, 0) is 37.9 Å². The van der Waals surface area contributed by atoms with Crippen molar-refractivity contribution in [3.05, 3.63) is 22.2 Å². The number of carboxylic acids is 1. The molecule has 0 aromatic heterocycles. The van der Waals surface area contributed by atoms with Gasteiger partial charge in [0, 0.05) is 13.8 Å². The molecule has 12 heteroatoms. The number of primary amides is 1. The molecular formula is C20H27Cl2N5O5. The van der Waals surface area contributed by atoms with E-state index in [9.17, 15) is 14.4 Å². The molecule has 2 atom stereocenters. The molecule has 3 amide bonds. The number of carbonyl (C=O) groups excluding carboxylic acids is 3. The van der Waals surface area contributed by atoms with E-state index in [4.69, 9.17) is 44.6 Å². The van der Waals surface area contributed by atoms with Crippen molar-refractivity contribution in [2.24, 2.45) is 11.5 Å². The number of fused-ring (bicyclic) bond motifs is 3. The number of carbonyl (C=O) groups is 4. The van der Waals surface area contributed by atoms with Gasteiger partial charge in [0.2, 0.25) is 17.7 Å². The normalized spacial score (nSPS) is 19.2. The molecule has 32 heavy (non-hydrogen) atoms. The van der Waals surface area contributed by atoms with Crippen LogP contribution in [-0.2, 0) is 19.2 Å². The molecule has 0 bridgehead atoms. The Morgan fingerprint density at radius 2 is 1.69 bits per heavy atom. The van der Waals surface area contributed by atoms with E-state index in [1.807, 2.05) is 4.90 Å². The maximum atomic E-state index is 13.1. The number of carboxylic acid groups (broad SMARTS) is 1. The lowest BCUT2D eigenvalue weighted by atomic mass is 10.0. The largest absolute Gasteiger partial charge is 0.481 e. The summed E-state index contributed by atoms with van der Waals surface area (Å²) >= 11 is 12.4. The molecule has 1 aromatic carbocycles. The predicted octanol–water partition coefficient (Wildman–Crippen LogP) is 1.41. The number of piperazine rings is 1. The van der Waals surface area contributed by atoms with Crippen LogP contribution in [0.1, 0.15) is 33.1 Å². The molecule has 1 aromatic rings. The first-order chi connectivity index (χ1) is 15.0. The number of halogens is 2. The topological polar surface area (TPSA) is 150 Å². The Hall–Kier alpha value is -2.56. The lowest BCUT2D eigenvalue weighted by Gasteiger charge is -2.45. The van der Waals surface area contributed by atoms with Gasteiger partial charge in [0.25, 0.3) is 5.97 Å². The highest BCUT2D eigenvalue weighted by Crippen LogP contribution is 2.47. The van der Waals surface area contributed by atoms with Gasteiger partial charge >= 0.3 is 0 Å². The fourth-order valence-corrected chi connectivity index (χ4v) is 4.30. The minimum absolute atomic E-state index is 0.165. The van der Waals surface area contributed by atoms with Crippen LogP contribution in [0, 0.1) is 0 Å². The fraction of sp³-hybridized carbons (Fsp3) is 0.500. The molecule has 1 fully saturated rings. The van der Waals surface area contributed by atoms with E-state index in [1.54, 1.807) is 17.0 Å². The SMILES string of the molecule is CC(=O)N1c2cc(Cl)c(Cl)cc2N2[C@@H]1CN(CC(N)=O)C(=O)[C@@H]2CCCCN.CC(=O)O. The molecule has 176 valence electrons. The monoisotopic (exact) mass is 487 g/mol. The molecule has 2 aliphatic heterocycles. The molecule has 0 saturated carbocycles. The summed E-state index contributed by atoms with van der Waals surface area (Å²) in [7, 11) is 0. The summed E-state index contributed by atoms with van der Waals surface area (Å²) in [6, 6.07) is 2.77. The molecule has 3 rings (SSSR count). The summed E-state index contributed by atoms with van der Waals surface area (Å²) < 4.78 is 0. The zero-order valence-corrected chi connectivity index (χ0v) is 19.4. The van der Waals surface area contributed by atoms with Crippen LogP contribution >= 0.6 is 23.2 Å². The average molecular weight is 488 g/mol. The molecule has 0 aliphatic carbocycles. The number of aliphatic carboxylic acids is 1. The second kappa shape index (κ2) is 10.8. The van der Waals surface area contributed by atoms with Crippen molar-refractivity contribution >= 4 is 58.3 Å². The van der Waals surface area contributed by atoms with Crippen LogP contribution in [0.25, 0.3) is 0 Å². The van der Waals surface area contributed by atoms with Gasteiger partial charge in [-0.25, -0.2) is 0 Å². The quantitative estimate of drug-likeness (QED) is 0.513. The Morgan fingerprint density at radius 1 is 1.12 bits per heavy atom. The van der Waals surface area contributed by atoms with Crippen molar-refractivity contribution in [3.8, 4) is 0 Å². The van der Waals surface area contributed by atoms with E-state index in [2.05, 4.69) is 0 Å². The lowest BCUT2D eigenvalue weighted by Crippen LogP contribution is -2.66. The Morgan fingerprint density at radius 3 is 2.19 bits per heavy atom. The maximum Gasteiger partial charge on any atom is 0.300 e. The Bertz CT molecular complexity index is 909. The summed E-state index contributed by atoms with van der Waals surface area (Å²) in [5, 5.41) is 8.09. The molecule has 0 radical (unpaired) electrons.